The Morgan fingerprint density at radius 2 is 1.96 bits per heavy atom. The molecule has 1 fully saturated rings. The summed E-state index contributed by atoms with van der Waals surface area (Å²) >= 11 is 1.64. The highest BCUT2D eigenvalue weighted by atomic mass is 32.1. The van der Waals surface area contributed by atoms with Crippen LogP contribution in [0.15, 0.2) is 24.3 Å². The number of likely N-dealkylation sites (N-methyl/N-ethyl adjacent to an activating group) is 1. The van der Waals surface area contributed by atoms with Crippen molar-refractivity contribution in [3.63, 3.8) is 0 Å². The Morgan fingerprint density at radius 1 is 1.24 bits per heavy atom. The van der Waals surface area contributed by atoms with Crippen LogP contribution >= 0.6 is 11.3 Å². The summed E-state index contributed by atoms with van der Waals surface area (Å²) in [6.45, 7) is 2.32. The SMILES string of the molecule is CN(C)CCNC(=O)c1sc2ccccc2c1C1CCC(CN)CC1. The van der Waals surface area contributed by atoms with Crippen LogP contribution in [0.4, 0.5) is 0 Å². The summed E-state index contributed by atoms with van der Waals surface area (Å²) in [4.78, 5) is 15.8. The number of hydrogen-bond donors (Lipinski definition) is 2. The van der Waals surface area contributed by atoms with Crippen LogP contribution in [0, 0.1) is 5.92 Å². The number of thiophene rings is 1. The minimum Gasteiger partial charge on any atom is -0.350 e. The summed E-state index contributed by atoms with van der Waals surface area (Å²) in [6, 6.07) is 8.44. The Hall–Kier alpha value is -1.43. The van der Waals surface area contributed by atoms with E-state index >= 15 is 0 Å². The second kappa shape index (κ2) is 8.30. The molecule has 0 bridgehead atoms. The molecule has 0 radical (unpaired) electrons. The molecule has 0 atom stereocenters. The molecular formula is C20H29N3OS. The van der Waals surface area contributed by atoms with E-state index in [9.17, 15) is 4.79 Å². The van der Waals surface area contributed by atoms with Gasteiger partial charge in [-0.3, -0.25) is 4.79 Å². The largest absolute Gasteiger partial charge is 0.350 e. The van der Waals surface area contributed by atoms with Crippen molar-refractivity contribution < 1.29 is 4.79 Å². The summed E-state index contributed by atoms with van der Waals surface area (Å²) < 4.78 is 1.22. The molecule has 0 aliphatic heterocycles. The van der Waals surface area contributed by atoms with Gasteiger partial charge >= 0.3 is 0 Å². The van der Waals surface area contributed by atoms with Gasteiger partial charge in [0.05, 0.1) is 4.88 Å². The molecule has 2 aromatic rings. The minimum atomic E-state index is 0.0824. The zero-order chi connectivity index (χ0) is 17.8. The second-order valence-corrected chi connectivity index (χ2v) is 8.41. The maximum absolute atomic E-state index is 12.8. The Labute approximate surface area is 154 Å². The smallest absolute Gasteiger partial charge is 0.261 e. The van der Waals surface area contributed by atoms with Gasteiger partial charge < -0.3 is 16.0 Å². The number of benzene rings is 1. The van der Waals surface area contributed by atoms with E-state index in [0.717, 1.165) is 30.8 Å². The molecule has 136 valence electrons. The van der Waals surface area contributed by atoms with Crippen LogP contribution in [0.3, 0.4) is 0 Å². The molecule has 4 nitrogen and oxygen atoms in total. The number of nitrogens with two attached hydrogens (primary N) is 1. The zero-order valence-electron chi connectivity index (χ0n) is 15.3. The van der Waals surface area contributed by atoms with Gasteiger partial charge in [0, 0.05) is 17.8 Å². The summed E-state index contributed by atoms with van der Waals surface area (Å²) in [5, 5.41) is 4.37. The van der Waals surface area contributed by atoms with Crippen molar-refractivity contribution in [2.75, 3.05) is 33.7 Å². The van der Waals surface area contributed by atoms with Crippen molar-refractivity contribution in [3.8, 4) is 0 Å². The van der Waals surface area contributed by atoms with Gasteiger partial charge in [-0.1, -0.05) is 18.2 Å². The van der Waals surface area contributed by atoms with Crippen molar-refractivity contribution in [2.24, 2.45) is 11.7 Å². The third-order valence-corrected chi connectivity index (χ3v) is 6.46. The second-order valence-electron chi connectivity index (χ2n) is 7.35. The number of nitrogens with one attached hydrogen (secondary N) is 1. The average Bonchev–Trinajstić information content (AvgIpc) is 3.01. The Kier molecular flexibility index (Phi) is 6.10. The summed E-state index contributed by atoms with van der Waals surface area (Å²) in [7, 11) is 4.04. The van der Waals surface area contributed by atoms with Crippen molar-refractivity contribution in [3.05, 3.63) is 34.7 Å². The van der Waals surface area contributed by atoms with Gasteiger partial charge in [0.15, 0.2) is 0 Å². The van der Waals surface area contributed by atoms with E-state index in [2.05, 4.69) is 34.5 Å². The molecule has 25 heavy (non-hydrogen) atoms. The standard InChI is InChI=1S/C20H29N3OS/c1-23(2)12-11-22-20(24)19-18(15-9-7-14(13-21)8-10-15)16-5-3-4-6-17(16)25-19/h3-6,14-15H,7-13,21H2,1-2H3,(H,22,24). The normalized spacial score (nSPS) is 21.0. The van der Waals surface area contributed by atoms with Crippen LogP contribution in [-0.4, -0.2) is 44.5 Å². The molecule has 1 aromatic carbocycles. The quantitative estimate of drug-likeness (QED) is 0.831. The van der Waals surface area contributed by atoms with Gasteiger partial charge in [-0.25, -0.2) is 0 Å². The highest BCUT2D eigenvalue weighted by Crippen LogP contribution is 2.43. The predicted molar refractivity (Wildman–Crippen MR) is 106 cm³/mol. The lowest BCUT2D eigenvalue weighted by atomic mass is 9.78. The molecule has 0 unspecified atom stereocenters. The first-order chi connectivity index (χ1) is 12.1. The lowest BCUT2D eigenvalue weighted by Crippen LogP contribution is -2.31. The number of amides is 1. The first-order valence-electron chi connectivity index (χ1n) is 9.24. The topological polar surface area (TPSA) is 58.4 Å². The Morgan fingerprint density at radius 3 is 2.64 bits per heavy atom. The van der Waals surface area contributed by atoms with Gasteiger partial charge in [-0.15, -0.1) is 11.3 Å². The molecule has 3 rings (SSSR count). The predicted octanol–water partition coefficient (Wildman–Crippen LogP) is 3.43. The van der Waals surface area contributed by atoms with Gasteiger partial charge in [0.2, 0.25) is 0 Å². The summed E-state index contributed by atoms with van der Waals surface area (Å²) in [5.41, 5.74) is 7.13. The number of fused-ring (bicyclic) bond motifs is 1. The molecule has 1 aliphatic rings. The molecular weight excluding hydrogens is 330 g/mol. The average molecular weight is 360 g/mol. The first kappa shape index (κ1) is 18.4. The number of hydrogen-bond acceptors (Lipinski definition) is 4. The fraction of sp³-hybridized carbons (Fsp3) is 0.550. The Bertz CT molecular complexity index is 717. The molecule has 1 saturated carbocycles. The molecule has 5 heteroatoms. The molecule has 1 heterocycles. The van der Waals surface area contributed by atoms with Crippen LogP contribution in [0.1, 0.15) is 46.8 Å². The summed E-state index contributed by atoms with van der Waals surface area (Å²) in [6.07, 6.45) is 4.63. The van der Waals surface area contributed by atoms with E-state index in [1.165, 1.54) is 28.5 Å². The Balaban J connectivity index is 1.86. The van der Waals surface area contributed by atoms with Crippen LogP contribution in [0.25, 0.3) is 10.1 Å². The van der Waals surface area contributed by atoms with E-state index in [1.807, 2.05) is 14.1 Å². The van der Waals surface area contributed by atoms with E-state index in [0.29, 0.717) is 18.4 Å². The highest BCUT2D eigenvalue weighted by Gasteiger charge is 2.28. The van der Waals surface area contributed by atoms with E-state index in [1.54, 1.807) is 11.3 Å². The zero-order valence-corrected chi connectivity index (χ0v) is 16.1. The number of nitrogens with zero attached hydrogens (tertiary/aromatic N) is 1. The van der Waals surface area contributed by atoms with Gasteiger partial charge in [0.25, 0.3) is 5.91 Å². The van der Waals surface area contributed by atoms with E-state index < -0.39 is 0 Å². The van der Waals surface area contributed by atoms with E-state index in [-0.39, 0.29) is 5.91 Å². The van der Waals surface area contributed by atoms with Crippen molar-refractivity contribution in [2.45, 2.75) is 31.6 Å². The molecule has 3 N–H and O–H groups in total. The maximum atomic E-state index is 12.8. The highest BCUT2D eigenvalue weighted by molar-refractivity contribution is 7.21. The fourth-order valence-electron chi connectivity index (χ4n) is 3.80. The number of carbonyl (C=O) groups excluding carboxylic acids is 1. The minimum absolute atomic E-state index is 0.0824. The van der Waals surface area contributed by atoms with Gasteiger partial charge in [-0.05, 0) is 75.2 Å². The summed E-state index contributed by atoms with van der Waals surface area (Å²) in [5.74, 6) is 1.21. The van der Waals surface area contributed by atoms with Crippen LogP contribution in [-0.2, 0) is 0 Å². The molecule has 0 saturated heterocycles. The maximum Gasteiger partial charge on any atom is 0.261 e. The number of carbonyl (C=O) groups is 1. The van der Waals surface area contributed by atoms with Gasteiger partial charge in [-0.2, -0.15) is 0 Å². The van der Waals surface area contributed by atoms with Crippen molar-refractivity contribution >= 4 is 27.3 Å². The number of rotatable bonds is 6. The monoisotopic (exact) mass is 359 g/mol. The van der Waals surface area contributed by atoms with Crippen molar-refractivity contribution in [1.82, 2.24) is 10.2 Å². The molecule has 1 aromatic heterocycles. The van der Waals surface area contributed by atoms with Crippen LogP contribution in [0.5, 0.6) is 0 Å². The molecule has 0 spiro atoms. The van der Waals surface area contributed by atoms with Gasteiger partial charge in [0.1, 0.15) is 0 Å². The lowest BCUT2D eigenvalue weighted by Gasteiger charge is -2.28. The lowest BCUT2D eigenvalue weighted by molar-refractivity contribution is 0.0953. The van der Waals surface area contributed by atoms with Crippen LogP contribution in [0.2, 0.25) is 0 Å². The van der Waals surface area contributed by atoms with Crippen molar-refractivity contribution in [1.29, 1.82) is 0 Å². The molecule has 1 amide bonds. The molecule has 1 aliphatic carbocycles. The first-order valence-corrected chi connectivity index (χ1v) is 10.1. The van der Waals surface area contributed by atoms with Crippen LogP contribution < -0.4 is 11.1 Å². The third kappa shape index (κ3) is 4.22. The third-order valence-electron chi connectivity index (χ3n) is 5.27. The van der Waals surface area contributed by atoms with E-state index in [4.69, 9.17) is 5.73 Å². The fourth-order valence-corrected chi connectivity index (χ4v) is 5.01.